The number of thiol groups is 1. The second-order valence-corrected chi connectivity index (χ2v) is 7.56. The van der Waals surface area contributed by atoms with Crippen LogP contribution < -0.4 is 0 Å². The highest BCUT2D eigenvalue weighted by Crippen LogP contribution is 2.33. The Bertz CT molecular complexity index is 753. The van der Waals surface area contributed by atoms with E-state index in [2.05, 4.69) is 65.5 Å². The van der Waals surface area contributed by atoms with Crippen molar-refractivity contribution in [2.45, 2.75) is 25.1 Å². The lowest BCUT2D eigenvalue weighted by molar-refractivity contribution is 0.683. The van der Waals surface area contributed by atoms with Crippen molar-refractivity contribution in [1.29, 1.82) is 0 Å². The van der Waals surface area contributed by atoms with E-state index >= 15 is 0 Å². The van der Waals surface area contributed by atoms with Crippen molar-refractivity contribution in [2.24, 2.45) is 0 Å². The molecule has 2 nitrogen and oxygen atoms in total. The molecule has 0 fully saturated rings. The summed E-state index contributed by atoms with van der Waals surface area (Å²) in [5, 5.41) is 3.07. The van der Waals surface area contributed by atoms with Gasteiger partial charge < -0.3 is 4.57 Å². The number of hydrogen-bond acceptors (Lipinski definition) is 3. The Kier molecular flexibility index (Phi) is 5.68. The Morgan fingerprint density at radius 1 is 1.17 bits per heavy atom. The highest BCUT2D eigenvalue weighted by atomic mass is 32.2. The summed E-state index contributed by atoms with van der Waals surface area (Å²) in [6.45, 7) is 3.09. The number of hydrogen-bond donors (Lipinski definition) is 1. The van der Waals surface area contributed by atoms with Crippen LogP contribution in [0.25, 0.3) is 10.8 Å². The molecule has 120 valence electrons. The number of benzene rings is 2. The first kappa shape index (κ1) is 16.5. The molecule has 0 saturated carbocycles. The Morgan fingerprint density at radius 2 is 2.00 bits per heavy atom. The summed E-state index contributed by atoms with van der Waals surface area (Å²) in [4.78, 5) is 4.17. The second kappa shape index (κ2) is 7.93. The number of rotatable bonds is 7. The minimum atomic E-state index is 0.440. The van der Waals surface area contributed by atoms with Gasteiger partial charge in [-0.2, -0.15) is 24.4 Å². The lowest BCUT2D eigenvalue weighted by Gasteiger charge is -2.18. The molecule has 1 heterocycles. The van der Waals surface area contributed by atoms with Crippen LogP contribution >= 0.6 is 24.4 Å². The molecule has 0 aliphatic carbocycles. The lowest BCUT2D eigenvalue weighted by Crippen LogP contribution is -2.06. The van der Waals surface area contributed by atoms with E-state index in [1.165, 1.54) is 21.9 Å². The molecule has 1 aromatic heterocycles. The normalized spacial score (nSPS) is 12.6. The smallest absolute Gasteiger partial charge is 0.0946 e. The van der Waals surface area contributed by atoms with Gasteiger partial charge in [-0.05, 0) is 47.3 Å². The zero-order chi connectivity index (χ0) is 16.1. The number of thioether (sulfide) groups is 1. The van der Waals surface area contributed by atoms with Crippen molar-refractivity contribution in [3.05, 3.63) is 66.2 Å². The van der Waals surface area contributed by atoms with Crippen LogP contribution in [0.2, 0.25) is 0 Å². The zero-order valence-corrected chi connectivity index (χ0v) is 15.1. The molecule has 3 rings (SSSR count). The first-order valence-corrected chi connectivity index (χ1v) is 9.63. The van der Waals surface area contributed by atoms with Crippen molar-refractivity contribution in [3.63, 3.8) is 0 Å². The molecule has 3 aromatic rings. The highest BCUT2D eigenvalue weighted by Gasteiger charge is 2.13. The standard InChI is InChI=1S/C19H22N2S2/c1-15-3-4-17-12-18(6-5-16(17)11-15)19(23-10-2-9-22)13-21-8-7-20-14-21/h3-8,11-12,14,19,22H,2,9-10,13H2,1H3. The van der Waals surface area contributed by atoms with Crippen LogP contribution in [0.15, 0.2) is 55.1 Å². The molecule has 0 spiro atoms. The summed E-state index contributed by atoms with van der Waals surface area (Å²) in [5.41, 5.74) is 2.70. The van der Waals surface area contributed by atoms with E-state index in [0.717, 1.165) is 24.5 Å². The number of aryl methyl sites for hydroxylation is 1. The van der Waals surface area contributed by atoms with Crippen molar-refractivity contribution in [2.75, 3.05) is 11.5 Å². The maximum atomic E-state index is 4.33. The van der Waals surface area contributed by atoms with Crippen LogP contribution in [0.5, 0.6) is 0 Å². The fourth-order valence-corrected chi connectivity index (χ4v) is 4.30. The van der Waals surface area contributed by atoms with E-state index < -0.39 is 0 Å². The molecular weight excluding hydrogens is 320 g/mol. The zero-order valence-electron chi connectivity index (χ0n) is 13.4. The van der Waals surface area contributed by atoms with Gasteiger partial charge in [-0.3, -0.25) is 0 Å². The Morgan fingerprint density at radius 3 is 2.78 bits per heavy atom. The average Bonchev–Trinajstić information content (AvgIpc) is 3.07. The molecule has 0 saturated heterocycles. The van der Waals surface area contributed by atoms with Gasteiger partial charge in [0.1, 0.15) is 0 Å². The molecule has 2 aromatic carbocycles. The van der Waals surface area contributed by atoms with Crippen LogP contribution in [0.3, 0.4) is 0 Å². The summed E-state index contributed by atoms with van der Waals surface area (Å²) in [6.07, 6.45) is 6.92. The summed E-state index contributed by atoms with van der Waals surface area (Å²) >= 11 is 6.34. The molecule has 1 unspecified atom stereocenters. The van der Waals surface area contributed by atoms with E-state index in [4.69, 9.17) is 0 Å². The van der Waals surface area contributed by atoms with Gasteiger partial charge in [0.25, 0.3) is 0 Å². The largest absolute Gasteiger partial charge is 0.336 e. The summed E-state index contributed by atoms with van der Waals surface area (Å²) in [7, 11) is 0. The van der Waals surface area contributed by atoms with Gasteiger partial charge >= 0.3 is 0 Å². The maximum Gasteiger partial charge on any atom is 0.0946 e. The monoisotopic (exact) mass is 342 g/mol. The Balaban J connectivity index is 1.86. The number of fused-ring (bicyclic) bond motifs is 1. The summed E-state index contributed by atoms with van der Waals surface area (Å²) in [5.74, 6) is 2.08. The van der Waals surface area contributed by atoms with Crippen LogP contribution in [0.1, 0.15) is 22.8 Å². The van der Waals surface area contributed by atoms with Gasteiger partial charge in [0.05, 0.1) is 6.33 Å². The topological polar surface area (TPSA) is 17.8 Å². The first-order chi connectivity index (χ1) is 11.3. The van der Waals surface area contributed by atoms with E-state index in [0.29, 0.717) is 5.25 Å². The number of imidazole rings is 1. The molecule has 0 radical (unpaired) electrons. The third-order valence-electron chi connectivity index (χ3n) is 3.95. The van der Waals surface area contributed by atoms with Crippen LogP contribution in [0.4, 0.5) is 0 Å². The van der Waals surface area contributed by atoms with Crippen LogP contribution in [-0.2, 0) is 6.54 Å². The average molecular weight is 343 g/mol. The van der Waals surface area contributed by atoms with Gasteiger partial charge in [0, 0.05) is 24.2 Å². The van der Waals surface area contributed by atoms with Crippen LogP contribution in [0, 0.1) is 6.92 Å². The third kappa shape index (κ3) is 4.33. The van der Waals surface area contributed by atoms with Crippen molar-refractivity contribution in [3.8, 4) is 0 Å². The molecule has 0 bridgehead atoms. The summed E-state index contributed by atoms with van der Waals surface area (Å²) in [6, 6.07) is 13.5. The fraction of sp³-hybridized carbons (Fsp3) is 0.316. The molecule has 0 amide bonds. The molecule has 4 heteroatoms. The lowest BCUT2D eigenvalue weighted by atomic mass is 10.0. The Labute approximate surface area is 147 Å². The molecular formula is C19H22N2S2. The van der Waals surface area contributed by atoms with Gasteiger partial charge in [-0.15, -0.1) is 0 Å². The van der Waals surface area contributed by atoms with Crippen molar-refractivity contribution < 1.29 is 0 Å². The molecule has 0 aliphatic rings. The molecule has 23 heavy (non-hydrogen) atoms. The predicted octanol–water partition coefficient (Wildman–Crippen LogP) is 5.14. The van der Waals surface area contributed by atoms with Gasteiger partial charge in [-0.1, -0.05) is 35.9 Å². The van der Waals surface area contributed by atoms with E-state index in [1.807, 2.05) is 30.5 Å². The SMILES string of the molecule is Cc1ccc2cc(C(Cn3ccnc3)SCCCS)ccc2c1. The minimum Gasteiger partial charge on any atom is -0.336 e. The van der Waals surface area contributed by atoms with Gasteiger partial charge in [0.15, 0.2) is 0 Å². The Hall–Kier alpha value is -1.39. The van der Waals surface area contributed by atoms with Gasteiger partial charge in [0.2, 0.25) is 0 Å². The molecule has 0 aliphatic heterocycles. The number of nitrogens with zero attached hydrogens (tertiary/aromatic N) is 2. The third-order valence-corrected chi connectivity index (χ3v) is 5.61. The second-order valence-electron chi connectivity index (χ2n) is 5.81. The minimum absolute atomic E-state index is 0.440. The molecule has 0 N–H and O–H groups in total. The maximum absolute atomic E-state index is 4.33. The molecule has 1 atom stereocenters. The van der Waals surface area contributed by atoms with Crippen LogP contribution in [-0.4, -0.2) is 21.1 Å². The van der Waals surface area contributed by atoms with Crippen molar-refractivity contribution >= 4 is 35.2 Å². The fourth-order valence-electron chi connectivity index (χ4n) is 2.71. The predicted molar refractivity (Wildman–Crippen MR) is 105 cm³/mol. The van der Waals surface area contributed by atoms with Gasteiger partial charge in [-0.25, -0.2) is 4.98 Å². The highest BCUT2D eigenvalue weighted by molar-refractivity contribution is 7.99. The quantitative estimate of drug-likeness (QED) is 0.473. The van der Waals surface area contributed by atoms with E-state index in [1.54, 1.807) is 0 Å². The summed E-state index contributed by atoms with van der Waals surface area (Å²) < 4.78 is 2.16. The van der Waals surface area contributed by atoms with E-state index in [-0.39, 0.29) is 0 Å². The van der Waals surface area contributed by atoms with Crippen molar-refractivity contribution in [1.82, 2.24) is 9.55 Å². The first-order valence-electron chi connectivity index (χ1n) is 7.95. The van der Waals surface area contributed by atoms with E-state index in [9.17, 15) is 0 Å². The number of aromatic nitrogens is 2.